The Kier molecular flexibility index (Phi) is 8.61. The average Bonchev–Trinajstić information content (AvgIpc) is 3.64. The fourth-order valence-corrected chi connectivity index (χ4v) is 11.3. The summed E-state index contributed by atoms with van der Waals surface area (Å²) in [5.41, 5.74) is 22.0. The molecule has 0 saturated carbocycles. The predicted octanol–water partition coefficient (Wildman–Crippen LogP) is 16.6. The maximum atomic E-state index is 2.64. The molecule has 0 bridgehead atoms. The fraction of sp³-hybridized carbons (Fsp3) is 0.200. The molecular formula is C60H54N2. The van der Waals surface area contributed by atoms with Crippen LogP contribution in [0.4, 0.5) is 34.1 Å². The van der Waals surface area contributed by atoms with Gasteiger partial charge in [-0.05, 0) is 156 Å². The lowest BCUT2D eigenvalue weighted by Crippen LogP contribution is -2.26. The van der Waals surface area contributed by atoms with Gasteiger partial charge in [0.25, 0.3) is 0 Å². The van der Waals surface area contributed by atoms with Crippen LogP contribution in [0.15, 0.2) is 169 Å². The van der Waals surface area contributed by atoms with E-state index in [0.717, 1.165) is 6.42 Å². The molecule has 8 aromatic carbocycles. The first-order valence-corrected chi connectivity index (χ1v) is 22.4. The Morgan fingerprint density at radius 2 is 0.806 bits per heavy atom. The molecule has 0 spiro atoms. The Bertz CT molecular complexity index is 3070. The molecule has 0 N–H and O–H groups in total. The van der Waals surface area contributed by atoms with Crippen LogP contribution in [0.5, 0.6) is 0 Å². The molecule has 0 heterocycles. The van der Waals surface area contributed by atoms with Gasteiger partial charge in [0.2, 0.25) is 0 Å². The first kappa shape index (κ1) is 38.3. The summed E-state index contributed by atoms with van der Waals surface area (Å²) in [7, 11) is 0. The van der Waals surface area contributed by atoms with Gasteiger partial charge in [0, 0.05) is 38.9 Å². The van der Waals surface area contributed by atoms with Crippen LogP contribution in [0.1, 0.15) is 78.6 Å². The largest absolute Gasteiger partial charge is 0.310 e. The Balaban J connectivity index is 1.14. The van der Waals surface area contributed by atoms with Crippen molar-refractivity contribution in [3.63, 3.8) is 0 Å². The molecule has 1 unspecified atom stereocenters. The third kappa shape index (κ3) is 5.76. The SMILES string of the molecule is Cc1ccc(N(c2ccc(C)cc2)c2cc3c(c4ccccc24)C(C)(C)C2=C3CC3C(=C2)c2cc(N(c4ccc(C)cc4)c4ccc(C)cc4)c4ccccc4c2C3(C)C)cc1. The molecule has 0 aromatic heterocycles. The molecule has 0 saturated heterocycles. The Morgan fingerprint density at radius 3 is 1.23 bits per heavy atom. The van der Waals surface area contributed by atoms with Gasteiger partial charge in [0.1, 0.15) is 0 Å². The van der Waals surface area contributed by atoms with Crippen LogP contribution in [-0.2, 0) is 10.8 Å². The van der Waals surface area contributed by atoms with Crippen LogP contribution in [0.2, 0.25) is 0 Å². The third-order valence-electron chi connectivity index (χ3n) is 14.6. The number of hydrogen-bond acceptors (Lipinski definition) is 2. The van der Waals surface area contributed by atoms with Gasteiger partial charge in [-0.2, -0.15) is 0 Å². The Morgan fingerprint density at radius 1 is 0.435 bits per heavy atom. The standard InChI is InChI=1S/C60H54N2/c1-37-17-25-41(26-18-37)61(42-27-19-38(2)20-28-42)55-35-51-49-33-54-50(34-53(49)59(5,6)57(51)47-15-11-9-13-45(47)55)52-36-56(46-14-10-12-16-48(46)58(52)60(54,7)8)62(43-29-21-39(3)22-30-43)44-31-23-40(4)24-32-44/h9-33,35-36,53H,34H2,1-8H3. The number of benzene rings is 8. The summed E-state index contributed by atoms with van der Waals surface area (Å²) in [5, 5.41) is 5.26. The van der Waals surface area contributed by atoms with E-state index in [1.165, 1.54) is 117 Å². The average molecular weight is 803 g/mol. The summed E-state index contributed by atoms with van der Waals surface area (Å²) in [4.78, 5) is 4.96. The van der Waals surface area contributed by atoms with E-state index in [1.54, 1.807) is 0 Å². The minimum Gasteiger partial charge on any atom is -0.310 e. The summed E-state index contributed by atoms with van der Waals surface area (Å²) < 4.78 is 0. The number of allylic oxidation sites excluding steroid dienone is 4. The van der Waals surface area contributed by atoms with Crippen molar-refractivity contribution in [3.8, 4) is 0 Å². The van der Waals surface area contributed by atoms with Gasteiger partial charge in [-0.25, -0.2) is 0 Å². The van der Waals surface area contributed by atoms with Crippen molar-refractivity contribution < 1.29 is 0 Å². The first-order chi connectivity index (χ1) is 29.9. The second kappa shape index (κ2) is 13.9. The molecule has 0 radical (unpaired) electrons. The van der Waals surface area contributed by atoms with E-state index < -0.39 is 0 Å². The highest BCUT2D eigenvalue weighted by Crippen LogP contribution is 2.64. The number of hydrogen-bond donors (Lipinski definition) is 0. The van der Waals surface area contributed by atoms with Crippen LogP contribution >= 0.6 is 0 Å². The smallest absolute Gasteiger partial charge is 0.0546 e. The molecule has 3 aliphatic carbocycles. The van der Waals surface area contributed by atoms with Gasteiger partial charge >= 0.3 is 0 Å². The van der Waals surface area contributed by atoms with Crippen LogP contribution in [0.3, 0.4) is 0 Å². The lowest BCUT2D eigenvalue weighted by atomic mass is 9.70. The lowest BCUT2D eigenvalue weighted by molar-refractivity contribution is 0.420. The summed E-state index contributed by atoms with van der Waals surface area (Å²) in [6.45, 7) is 18.6. The highest BCUT2D eigenvalue weighted by atomic mass is 15.1. The van der Waals surface area contributed by atoms with E-state index in [-0.39, 0.29) is 10.8 Å². The molecule has 8 aromatic rings. The van der Waals surface area contributed by atoms with Crippen molar-refractivity contribution in [2.24, 2.45) is 5.92 Å². The van der Waals surface area contributed by atoms with E-state index in [4.69, 9.17) is 0 Å². The van der Waals surface area contributed by atoms with E-state index in [9.17, 15) is 0 Å². The zero-order valence-electron chi connectivity index (χ0n) is 37.3. The molecule has 0 amide bonds. The molecule has 3 aliphatic rings. The quantitative estimate of drug-likeness (QED) is 0.165. The zero-order valence-corrected chi connectivity index (χ0v) is 37.3. The van der Waals surface area contributed by atoms with Crippen LogP contribution in [0, 0.1) is 33.6 Å². The maximum absolute atomic E-state index is 2.64. The number of nitrogens with zero attached hydrogens (tertiary/aromatic N) is 2. The molecule has 0 fully saturated rings. The lowest BCUT2D eigenvalue weighted by Gasteiger charge is -2.34. The van der Waals surface area contributed by atoms with Crippen molar-refractivity contribution in [1.29, 1.82) is 0 Å². The summed E-state index contributed by atoms with van der Waals surface area (Å²) in [6.07, 6.45) is 3.64. The summed E-state index contributed by atoms with van der Waals surface area (Å²) in [6, 6.07) is 59.5. The van der Waals surface area contributed by atoms with E-state index in [0.29, 0.717) is 5.92 Å². The van der Waals surface area contributed by atoms with E-state index in [1.807, 2.05) is 0 Å². The van der Waals surface area contributed by atoms with Gasteiger partial charge in [0.15, 0.2) is 0 Å². The van der Waals surface area contributed by atoms with Gasteiger partial charge in [-0.3, -0.25) is 0 Å². The van der Waals surface area contributed by atoms with E-state index >= 15 is 0 Å². The van der Waals surface area contributed by atoms with Crippen molar-refractivity contribution in [2.75, 3.05) is 9.80 Å². The maximum Gasteiger partial charge on any atom is 0.0546 e. The minimum absolute atomic E-state index is 0.0984. The molecule has 11 rings (SSSR count). The number of aryl methyl sites for hydroxylation is 4. The van der Waals surface area contributed by atoms with Gasteiger partial charge in [-0.1, -0.05) is 153 Å². The van der Waals surface area contributed by atoms with E-state index in [2.05, 4.69) is 229 Å². The van der Waals surface area contributed by atoms with Crippen molar-refractivity contribution >= 4 is 66.8 Å². The highest BCUT2D eigenvalue weighted by Gasteiger charge is 2.50. The monoisotopic (exact) mass is 802 g/mol. The molecule has 62 heavy (non-hydrogen) atoms. The molecule has 2 heteroatoms. The minimum atomic E-state index is -0.193. The predicted molar refractivity (Wildman–Crippen MR) is 265 cm³/mol. The highest BCUT2D eigenvalue weighted by molar-refractivity contribution is 6.09. The first-order valence-electron chi connectivity index (χ1n) is 22.4. The van der Waals surface area contributed by atoms with Crippen LogP contribution < -0.4 is 9.80 Å². The van der Waals surface area contributed by atoms with Crippen LogP contribution in [-0.4, -0.2) is 0 Å². The van der Waals surface area contributed by atoms with Gasteiger partial charge < -0.3 is 9.80 Å². The molecule has 0 aliphatic heterocycles. The fourth-order valence-electron chi connectivity index (χ4n) is 11.3. The van der Waals surface area contributed by atoms with Crippen molar-refractivity contribution in [1.82, 2.24) is 0 Å². The second-order valence-corrected chi connectivity index (χ2v) is 19.3. The van der Waals surface area contributed by atoms with Crippen molar-refractivity contribution in [2.45, 2.75) is 72.6 Å². The normalized spacial score (nSPS) is 16.8. The Labute approximate surface area is 367 Å². The summed E-state index contributed by atoms with van der Waals surface area (Å²) in [5.74, 6) is 0.323. The topological polar surface area (TPSA) is 6.48 Å². The van der Waals surface area contributed by atoms with Crippen molar-refractivity contribution in [3.05, 3.63) is 214 Å². The summed E-state index contributed by atoms with van der Waals surface area (Å²) >= 11 is 0. The van der Waals surface area contributed by atoms with Gasteiger partial charge in [-0.15, -0.1) is 0 Å². The second-order valence-electron chi connectivity index (χ2n) is 19.3. The molecule has 2 nitrogen and oxygen atoms in total. The zero-order chi connectivity index (χ0) is 42.7. The van der Waals surface area contributed by atoms with Crippen LogP contribution in [0.25, 0.3) is 32.7 Å². The molecule has 1 atom stereocenters. The number of rotatable bonds is 6. The van der Waals surface area contributed by atoms with Gasteiger partial charge in [0.05, 0.1) is 11.4 Å². The number of fused-ring (bicyclic) bond motifs is 9. The molecule has 304 valence electrons. The molecular weight excluding hydrogens is 749 g/mol. The third-order valence-corrected chi connectivity index (χ3v) is 14.6. The number of anilines is 6. The Hall–Kier alpha value is -6.64.